The van der Waals surface area contributed by atoms with Gasteiger partial charge in [0.25, 0.3) is 0 Å². The van der Waals surface area contributed by atoms with Gasteiger partial charge >= 0.3 is 0 Å². The lowest BCUT2D eigenvalue weighted by Gasteiger charge is -2.42. The monoisotopic (exact) mass is 212 g/mol. The molecule has 0 unspecified atom stereocenters. The first-order chi connectivity index (χ1) is 6.85. The molecule has 1 heterocycles. The van der Waals surface area contributed by atoms with Crippen molar-refractivity contribution >= 4 is 11.3 Å². The second-order valence-electron chi connectivity index (χ2n) is 3.94. The Balaban J connectivity index is 1.83. The van der Waals surface area contributed by atoms with Crippen LogP contribution in [0.5, 0.6) is 0 Å². The van der Waals surface area contributed by atoms with Crippen molar-refractivity contribution in [3.05, 3.63) is 16.6 Å². The Morgan fingerprint density at radius 2 is 2.43 bits per heavy atom. The van der Waals surface area contributed by atoms with Crippen molar-refractivity contribution in [3.8, 4) is 0 Å². The molecule has 4 heteroatoms. The minimum atomic E-state index is 0.207. The summed E-state index contributed by atoms with van der Waals surface area (Å²) in [4.78, 5) is 4.23. The number of hydrogen-bond donors (Lipinski definition) is 2. The highest BCUT2D eigenvalue weighted by molar-refractivity contribution is 7.07. The summed E-state index contributed by atoms with van der Waals surface area (Å²) in [5.41, 5.74) is 3.17. The van der Waals surface area contributed by atoms with Crippen molar-refractivity contribution in [1.29, 1.82) is 0 Å². The van der Waals surface area contributed by atoms with Gasteiger partial charge < -0.3 is 10.4 Å². The Labute approximate surface area is 88.2 Å². The van der Waals surface area contributed by atoms with Crippen molar-refractivity contribution in [3.63, 3.8) is 0 Å². The summed E-state index contributed by atoms with van der Waals surface area (Å²) in [7, 11) is 0. The predicted octanol–water partition coefficient (Wildman–Crippen LogP) is 1.54. The van der Waals surface area contributed by atoms with E-state index in [4.69, 9.17) is 5.11 Å². The van der Waals surface area contributed by atoms with E-state index in [2.05, 4.69) is 15.7 Å². The second-order valence-corrected chi connectivity index (χ2v) is 4.66. The molecule has 1 aromatic heterocycles. The number of nitrogens with one attached hydrogen (secondary N) is 1. The molecular formula is C10H16N2OS. The first kappa shape index (κ1) is 10.1. The molecule has 1 aliphatic rings. The maximum Gasteiger partial charge on any atom is 0.0795 e. The molecule has 0 aromatic carbocycles. The topological polar surface area (TPSA) is 45.1 Å². The van der Waals surface area contributed by atoms with Gasteiger partial charge in [-0.2, -0.15) is 0 Å². The van der Waals surface area contributed by atoms with Crippen molar-refractivity contribution in [2.24, 2.45) is 0 Å². The van der Waals surface area contributed by atoms with Gasteiger partial charge in [0.2, 0.25) is 0 Å². The Bertz CT molecular complexity index is 270. The van der Waals surface area contributed by atoms with E-state index >= 15 is 0 Å². The molecule has 0 spiro atoms. The molecule has 1 aliphatic carbocycles. The molecule has 0 atom stereocenters. The minimum Gasteiger partial charge on any atom is -0.396 e. The van der Waals surface area contributed by atoms with Crippen LogP contribution in [0, 0.1) is 0 Å². The standard InChI is InChI=1S/C10H16N2OS/c13-5-4-10(2-1-3-10)12-6-9-7-14-8-11-9/h7-8,12-13H,1-6H2. The quantitative estimate of drug-likeness (QED) is 0.778. The van der Waals surface area contributed by atoms with Gasteiger partial charge in [-0.15, -0.1) is 11.3 Å². The van der Waals surface area contributed by atoms with Gasteiger partial charge in [-0.1, -0.05) is 0 Å². The average Bonchev–Trinajstić information content (AvgIpc) is 2.62. The molecule has 0 saturated heterocycles. The molecule has 0 radical (unpaired) electrons. The fourth-order valence-corrected chi connectivity index (χ4v) is 2.49. The molecule has 78 valence electrons. The van der Waals surface area contributed by atoms with Crippen LogP contribution in [0.1, 0.15) is 31.4 Å². The van der Waals surface area contributed by atoms with E-state index in [1.54, 1.807) is 11.3 Å². The molecule has 14 heavy (non-hydrogen) atoms. The van der Waals surface area contributed by atoms with Crippen LogP contribution in [-0.2, 0) is 6.54 Å². The van der Waals surface area contributed by atoms with Gasteiger partial charge in [-0.25, -0.2) is 4.98 Å². The van der Waals surface area contributed by atoms with Gasteiger partial charge in [0.1, 0.15) is 0 Å². The van der Waals surface area contributed by atoms with E-state index < -0.39 is 0 Å². The number of nitrogens with zero attached hydrogens (tertiary/aromatic N) is 1. The maximum atomic E-state index is 8.97. The SMILES string of the molecule is OCCC1(NCc2cscn2)CCC1. The van der Waals surface area contributed by atoms with Crippen LogP contribution in [0.15, 0.2) is 10.9 Å². The third-order valence-corrected chi connectivity index (χ3v) is 3.66. The number of rotatable bonds is 5. The Morgan fingerprint density at radius 1 is 1.57 bits per heavy atom. The van der Waals surface area contributed by atoms with Gasteiger partial charge in [-0.3, -0.25) is 0 Å². The summed E-state index contributed by atoms with van der Waals surface area (Å²) in [6.07, 6.45) is 4.54. The van der Waals surface area contributed by atoms with Crippen LogP contribution in [0.2, 0.25) is 0 Å². The van der Waals surface area contributed by atoms with E-state index in [1.165, 1.54) is 19.3 Å². The van der Waals surface area contributed by atoms with Crippen LogP contribution in [0.4, 0.5) is 0 Å². The molecule has 3 nitrogen and oxygen atoms in total. The van der Waals surface area contributed by atoms with Crippen LogP contribution >= 0.6 is 11.3 Å². The van der Waals surface area contributed by atoms with Gasteiger partial charge in [0.15, 0.2) is 0 Å². The van der Waals surface area contributed by atoms with E-state index in [0.717, 1.165) is 18.7 Å². The fraction of sp³-hybridized carbons (Fsp3) is 0.700. The number of aliphatic hydroxyl groups is 1. The first-order valence-electron chi connectivity index (χ1n) is 5.08. The van der Waals surface area contributed by atoms with Crippen molar-refractivity contribution in [2.75, 3.05) is 6.61 Å². The van der Waals surface area contributed by atoms with E-state index in [9.17, 15) is 0 Å². The summed E-state index contributed by atoms with van der Waals surface area (Å²) in [6.45, 7) is 1.12. The van der Waals surface area contributed by atoms with Crippen molar-refractivity contribution < 1.29 is 5.11 Å². The molecule has 1 aromatic rings. The summed E-state index contributed by atoms with van der Waals surface area (Å²) in [6, 6.07) is 0. The zero-order valence-electron chi connectivity index (χ0n) is 8.20. The molecular weight excluding hydrogens is 196 g/mol. The summed E-state index contributed by atoms with van der Waals surface area (Å²) in [5, 5.41) is 14.6. The van der Waals surface area contributed by atoms with Crippen molar-refractivity contribution in [2.45, 2.75) is 37.8 Å². The zero-order valence-corrected chi connectivity index (χ0v) is 9.02. The average molecular weight is 212 g/mol. The van der Waals surface area contributed by atoms with Gasteiger partial charge in [0.05, 0.1) is 11.2 Å². The van der Waals surface area contributed by atoms with Crippen LogP contribution in [-0.4, -0.2) is 22.2 Å². The summed E-state index contributed by atoms with van der Waals surface area (Å²) < 4.78 is 0. The zero-order chi connectivity index (χ0) is 9.86. The lowest BCUT2D eigenvalue weighted by atomic mass is 9.74. The van der Waals surface area contributed by atoms with E-state index in [0.29, 0.717) is 0 Å². The third-order valence-electron chi connectivity index (χ3n) is 3.03. The molecule has 0 amide bonds. The van der Waals surface area contributed by atoms with Crippen molar-refractivity contribution in [1.82, 2.24) is 10.3 Å². The normalized spacial score (nSPS) is 19.2. The second kappa shape index (κ2) is 4.38. The number of aromatic nitrogens is 1. The highest BCUT2D eigenvalue weighted by atomic mass is 32.1. The van der Waals surface area contributed by atoms with Crippen LogP contribution in [0.3, 0.4) is 0 Å². The molecule has 2 N–H and O–H groups in total. The Morgan fingerprint density at radius 3 is 2.93 bits per heavy atom. The number of thiazole rings is 1. The molecule has 2 rings (SSSR count). The smallest absolute Gasteiger partial charge is 0.0795 e. The highest BCUT2D eigenvalue weighted by Crippen LogP contribution is 2.34. The summed E-state index contributed by atoms with van der Waals surface area (Å²) >= 11 is 1.63. The first-order valence-corrected chi connectivity index (χ1v) is 6.02. The largest absolute Gasteiger partial charge is 0.396 e. The highest BCUT2D eigenvalue weighted by Gasteiger charge is 2.35. The lowest BCUT2D eigenvalue weighted by Crippen LogP contribution is -2.51. The summed E-state index contributed by atoms with van der Waals surface area (Å²) in [5.74, 6) is 0. The predicted molar refractivity (Wildman–Crippen MR) is 57.2 cm³/mol. The fourth-order valence-electron chi connectivity index (χ4n) is 1.94. The van der Waals surface area contributed by atoms with Crippen LogP contribution < -0.4 is 5.32 Å². The number of hydrogen-bond acceptors (Lipinski definition) is 4. The number of aliphatic hydroxyl groups excluding tert-OH is 1. The molecule has 0 aliphatic heterocycles. The molecule has 1 saturated carbocycles. The molecule has 0 bridgehead atoms. The van der Waals surface area contributed by atoms with Gasteiger partial charge in [-0.05, 0) is 25.7 Å². The van der Waals surface area contributed by atoms with Gasteiger partial charge in [0, 0.05) is 24.1 Å². The molecule has 1 fully saturated rings. The lowest BCUT2D eigenvalue weighted by molar-refractivity contribution is 0.129. The Kier molecular flexibility index (Phi) is 3.15. The van der Waals surface area contributed by atoms with E-state index in [-0.39, 0.29) is 12.1 Å². The maximum absolute atomic E-state index is 8.97. The van der Waals surface area contributed by atoms with Crippen LogP contribution in [0.25, 0.3) is 0 Å². The Hall–Kier alpha value is -0.450. The third kappa shape index (κ3) is 2.13. The van der Waals surface area contributed by atoms with E-state index in [1.807, 2.05) is 5.51 Å². The minimum absolute atomic E-state index is 0.207.